The molecule has 0 saturated heterocycles. The molecular weight excluding hydrogens is 262 g/mol. The van der Waals surface area contributed by atoms with Crippen molar-refractivity contribution in [1.29, 1.82) is 0 Å². The van der Waals surface area contributed by atoms with Gasteiger partial charge in [-0.25, -0.2) is 4.79 Å². The summed E-state index contributed by atoms with van der Waals surface area (Å²) < 4.78 is 9.18. The van der Waals surface area contributed by atoms with E-state index in [4.69, 9.17) is 0 Å². The van der Waals surface area contributed by atoms with E-state index in [1.165, 1.54) is 14.2 Å². The Labute approximate surface area is 120 Å². The fraction of sp³-hybridized carbons (Fsp3) is 0.786. The molecule has 0 aliphatic heterocycles. The molecule has 0 aromatic rings. The number of carbonyl (C=O) groups is 3. The molecule has 0 rings (SSSR count). The summed E-state index contributed by atoms with van der Waals surface area (Å²) in [6.07, 6.45) is 2.29. The number of methoxy groups -OCH3 is 2. The van der Waals surface area contributed by atoms with E-state index < -0.39 is 12.0 Å². The van der Waals surface area contributed by atoms with Crippen LogP contribution < -0.4 is 5.32 Å². The quantitative estimate of drug-likeness (QED) is 0.512. The van der Waals surface area contributed by atoms with E-state index in [-0.39, 0.29) is 24.2 Å². The fourth-order valence-electron chi connectivity index (χ4n) is 1.75. The second-order valence-electron chi connectivity index (χ2n) is 5.06. The van der Waals surface area contributed by atoms with Gasteiger partial charge in [-0.15, -0.1) is 0 Å². The largest absolute Gasteiger partial charge is 0.469 e. The van der Waals surface area contributed by atoms with Crippen molar-refractivity contribution < 1.29 is 23.9 Å². The molecular formula is C14H25NO5. The third-order valence-electron chi connectivity index (χ3n) is 2.79. The molecule has 0 aliphatic carbocycles. The number of unbranched alkanes of at least 4 members (excludes halogenated alkanes) is 1. The van der Waals surface area contributed by atoms with Crippen molar-refractivity contribution in [2.24, 2.45) is 5.92 Å². The monoisotopic (exact) mass is 287 g/mol. The lowest BCUT2D eigenvalue weighted by molar-refractivity contribution is -0.145. The lowest BCUT2D eigenvalue weighted by atomic mass is 10.0. The Morgan fingerprint density at radius 2 is 1.60 bits per heavy atom. The molecule has 0 aromatic carbocycles. The van der Waals surface area contributed by atoms with Crippen LogP contribution in [0.3, 0.4) is 0 Å². The summed E-state index contributed by atoms with van der Waals surface area (Å²) in [6, 6.07) is -0.604. The Balaban J connectivity index is 4.06. The molecule has 20 heavy (non-hydrogen) atoms. The maximum atomic E-state index is 11.7. The number of nitrogens with one attached hydrogen (secondary N) is 1. The molecule has 1 atom stereocenters. The molecule has 0 unspecified atom stereocenters. The van der Waals surface area contributed by atoms with Crippen LogP contribution in [0.1, 0.15) is 46.0 Å². The van der Waals surface area contributed by atoms with E-state index in [0.717, 1.165) is 0 Å². The van der Waals surface area contributed by atoms with Gasteiger partial charge in [0.2, 0.25) is 5.91 Å². The van der Waals surface area contributed by atoms with Crippen LogP contribution in [0.2, 0.25) is 0 Å². The highest BCUT2D eigenvalue weighted by molar-refractivity contribution is 5.84. The number of hydrogen-bond acceptors (Lipinski definition) is 5. The van der Waals surface area contributed by atoms with Gasteiger partial charge in [0.05, 0.1) is 14.2 Å². The van der Waals surface area contributed by atoms with Crippen LogP contribution in [-0.4, -0.2) is 38.1 Å². The van der Waals surface area contributed by atoms with Gasteiger partial charge in [-0.3, -0.25) is 9.59 Å². The third kappa shape index (κ3) is 8.50. The molecule has 6 heteroatoms. The second kappa shape index (κ2) is 10.2. The van der Waals surface area contributed by atoms with E-state index in [9.17, 15) is 14.4 Å². The molecule has 0 saturated carbocycles. The molecule has 6 nitrogen and oxygen atoms in total. The predicted molar refractivity (Wildman–Crippen MR) is 73.9 cm³/mol. The van der Waals surface area contributed by atoms with Gasteiger partial charge in [-0.1, -0.05) is 13.8 Å². The third-order valence-corrected chi connectivity index (χ3v) is 2.79. The van der Waals surface area contributed by atoms with E-state index in [0.29, 0.717) is 25.7 Å². The van der Waals surface area contributed by atoms with E-state index in [2.05, 4.69) is 14.8 Å². The molecule has 0 radical (unpaired) electrons. The lowest BCUT2D eigenvalue weighted by Gasteiger charge is -2.18. The average molecular weight is 287 g/mol. The molecule has 0 fully saturated rings. The van der Waals surface area contributed by atoms with Crippen LogP contribution in [-0.2, 0) is 23.9 Å². The number of amides is 1. The number of hydrogen-bond donors (Lipinski definition) is 1. The number of esters is 2. The molecule has 1 amide bonds. The summed E-state index contributed by atoms with van der Waals surface area (Å²) in [5.74, 6) is -0.635. The van der Waals surface area contributed by atoms with Crippen LogP contribution in [0.25, 0.3) is 0 Å². The second-order valence-corrected chi connectivity index (χ2v) is 5.06. The first-order valence-electron chi connectivity index (χ1n) is 6.84. The van der Waals surface area contributed by atoms with Gasteiger partial charge in [-0.05, 0) is 25.2 Å². The van der Waals surface area contributed by atoms with Crippen molar-refractivity contribution in [2.45, 2.75) is 52.0 Å². The highest BCUT2D eigenvalue weighted by atomic mass is 16.5. The Morgan fingerprint density at radius 3 is 2.10 bits per heavy atom. The normalized spacial score (nSPS) is 11.8. The summed E-state index contributed by atoms with van der Waals surface area (Å²) >= 11 is 0. The van der Waals surface area contributed by atoms with Crippen LogP contribution in [0.4, 0.5) is 0 Å². The maximum absolute atomic E-state index is 11.7. The zero-order valence-corrected chi connectivity index (χ0v) is 12.7. The highest BCUT2D eigenvalue weighted by Gasteiger charge is 2.22. The first kappa shape index (κ1) is 18.4. The number of ether oxygens (including phenoxy) is 2. The Morgan fingerprint density at radius 1 is 1.00 bits per heavy atom. The summed E-state index contributed by atoms with van der Waals surface area (Å²) in [7, 11) is 2.64. The first-order chi connectivity index (χ1) is 9.40. The zero-order chi connectivity index (χ0) is 15.5. The van der Waals surface area contributed by atoms with Crippen LogP contribution in [0, 0.1) is 5.92 Å². The molecule has 0 aromatic heterocycles. The van der Waals surface area contributed by atoms with E-state index in [1.54, 1.807) is 0 Å². The molecule has 0 spiro atoms. The topological polar surface area (TPSA) is 81.7 Å². The number of carbonyl (C=O) groups excluding carboxylic acids is 3. The van der Waals surface area contributed by atoms with Crippen molar-refractivity contribution >= 4 is 17.8 Å². The minimum Gasteiger partial charge on any atom is -0.469 e. The van der Waals surface area contributed by atoms with E-state index >= 15 is 0 Å². The Bertz CT molecular complexity index is 328. The molecule has 0 aliphatic rings. The summed E-state index contributed by atoms with van der Waals surface area (Å²) in [6.45, 7) is 3.94. The van der Waals surface area contributed by atoms with Crippen molar-refractivity contribution in [3.8, 4) is 0 Å². The maximum Gasteiger partial charge on any atom is 0.328 e. The summed E-state index contributed by atoms with van der Waals surface area (Å²) in [5, 5.41) is 2.67. The molecule has 1 N–H and O–H groups in total. The van der Waals surface area contributed by atoms with Crippen molar-refractivity contribution in [2.75, 3.05) is 14.2 Å². The fourth-order valence-corrected chi connectivity index (χ4v) is 1.75. The molecule has 116 valence electrons. The Hall–Kier alpha value is -1.59. The van der Waals surface area contributed by atoms with E-state index in [1.807, 2.05) is 13.8 Å². The van der Waals surface area contributed by atoms with Gasteiger partial charge in [0.1, 0.15) is 6.04 Å². The van der Waals surface area contributed by atoms with Crippen LogP contribution in [0.5, 0.6) is 0 Å². The lowest BCUT2D eigenvalue weighted by Crippen LogP contribution is -2.42. The van der Waals surface area contributed by atoms with Crippen LogP contribution in [0.15, 0.2) is 0 Å². The van der Waals surface area contributed by atoms with Crippen LogP contribution >= 0.6 is 0 Å². The SMILES string of the molecule is COC(=O)CCCCC(=O)N[C@H](CC(C)C)C(=O)OC. The minimum atomic E-state index is -0.604. The van der Waals surface area contributed by atoms with Crippen molar-refractivity contribution in [3.05, 3.63) is 0 Å². The molecule has 0 bridgehead atoms. The van der Waals surface area contributed by atoms with Gasteiger partial charge in [0, 0.05) is 12.8 Å². The summed E-state index contributed by atoms with van der Waals surface area (Å²) in [5.41, 5.74) is 0. The molecule has 0 heterocycles. The average Bonchev–Trinajstić information content (AvgIpc) is 2.41. The van der Waals surface area contributed by atoms with Gasteiger partial charge >= 0.3 is 11.9 Å². The Kier molecular flexibility index (Phi) is 9.41. The highest BCUT2D eigenvalue weighted by Crippen LogP contribution is 2.07. The minimum absolute atomic E-state index is 0.203. The van der Waals surface area contributed by atoms with Gasteiger partial charge in [-0.2, -0.15) is 0 Å². The summed E-state index contributed by atoms with van der Waals surface area (Å²) in [4.78, 5) is 34.2. The number of rotatable bonds is 9. The van der Waals surface area contributed by atoms with Gasteiger partial charge in [0.25, 0.3) is 0 Å². The standard InChI is InChI=1S/C14H25NO5/c1-10(2)9-11(14(18)20-4)15-12(16)7-5-6-8-13(17)19-3/h10-11H,5-9H2,1-4H3,(H,15,16)/t11-/m1/s1. The smallest absolute Gasteiger partial charge is 0.328 e. The van der Waals surface area contributed by atoms with Crippen molar-refractivity contribution in [3.63, 3.8) is 0 Å². The first-order valence-corrected chi connectivity index (χ1v) is 6.84. The van der Waals surface area contributed by atoms with Gasteiger partial charge in [0.15, 0.2) is 0 Å². The predicted octanol–water partition coefficient (Wildman–Crippen LogP) is 1.42. The zero-order valence-electron chi connectivity index (χ0n) is 12.7. The van der Waals surface area contributed by atoms with Crippen molar-refractivity contribution in [1.82, 2.24) is 5.32 Å². The van der Waals surface area contributed by atoms with Gasteiger partial charge < -0.3 is 14.8 Å².